The van der Waals surface area contributed by atoms with Gasteiger partial charge < -0.3 is 20.7 Å². The Morgan fingerprint density at radius 2 is 1.93 bits per heavy atom. The summed E-state index contributed by atoms with van der Waals surface area (Å²) in [5.41, 5.74) is 9.62. The quantitative estimate of drug-likeness (QED) is 0.767. The van der Waals surface area contributed by atoms with Gasteiger partial charge in [0, 0.05) is 50.9 Å². The molecule has 6 nitrogen and oxygen atoms in total. The van der Waals surface area contributed by atoms with Crippen LogP contribution < -0.4 is 20.7 Å². The second-order valence-electron chi connectivity index (χ2n) is 6.92. The molecule has 1 aliphatic rings. The molecule has 144 valence electrons. The Labute approximate surface area is 160 Å². The molecule has 6 heteroatoms. The van der Waals surface area contributed by atoms with Gasteiger partial charge in [0.25, 0.3) is 0 Å². The van der Waals surface area contributed by atoms with E-state index < -0.39 is 0 Å². The average Bonchev–Trinajstić information content (AvgIpc) is 2.68. The number of amides is 1. The molecular weight excluding hydrogens is 340 g/mol. The summed E-state index contributed by atoms with van der Waals surface area (Å²) in [5, 5.41) is 2.88. The molecule has 0 aromatic heterocycles. The number of anilines is 3. The first-order valence-electron chi connectivity index (χ1n) is 9.32. The molecule has 1 saturated heterocycles. The number of carbonyl (C=O) groups excluding carboxylic acids is 1. The van der Waals surface area contributed by atoms with Crippen LogP contribution >= 0.6 is 0 Å². The van der Waals surface area contributed by atoms with E-state index in [-0.39, 0.29) is 5.91 Å². The van der Waals surface area contributed by atoms with Gasteiger partial charge in [0.15, 0.2) is 0 Å². The van der Waals surface area contributed by atoms with Crippen LogP contribution in [0.5, 0.6) is 5.75 Å². The highest BCUT2D eigenvalue weighted by atomic mass is 16.5. The van der Waals surface area contributed by atoms with Crippen molar-refractivity contribution in [2.24, 2.45) is 0 Å². The van der Waals surface area contributed by atoms with Crippen molar-refractivity contribution in [3.8, 4) is 5.75 Å². The lowest BCUT2D eigenvalue weighted by atomic mass is 10.2. The van der Waals surface area contributed by atoms with Crippen LogP contribution in [0.1, 0.15) is 12.0 Å². The van der Waals surface area contributed by atoms with Gasteiger partial charge in [-0.2, -0.15) is 0 Å². The number of hydrogen-bond acceptors (Lipinski definition) is 5. The van der Waals surface area contributed by atoms with E-state index in [0.717, 1.165) is 32.7 Å². The van der Waals surface area contributed by atoms with E-state index in [9.17, 15) is 4.79 Å². The number of ether oxygens (including phenoxy) is 1. The smallest absolute Gasteiger partial charge is 0.225 e. The van der Waals surface area contributed by atoms with E-state index in [2.05, 4.69) is 46.3 Å². The molecule has 27 heavy (non-hydrogen) atoms. The van der Waals surface area contributed by atoms with E-state index in [4.69, 9.17) is 10.5 Å². The third kappa shape index (κ3) is 5.14. The number of nitrogens with zero attached hydrogens (tertiary/aromatic N) is 2. The van der Waals surface area contributed by atoms with Crippen molar-refractivity contribution in [1.29, 1.82) is 0 Å². The van der Waals surface area contributed by atoms with Gasteiger partial charge in [0.1, 0.15) is 5.75 Å². The predicted octanol–water partition coefficient (Wildman–Crippen LogP) is 2.74. The van der Waals surface area contributed by atoms with Crippen molar-refractivity contribution in [2.45, 2.75) is 13.3 Å². The largest absolute Gasteiger partial charge is 0.497 e. The zero-order valence-electron chi connectivity index (χ0n) is 16.1. The van der Waals surface area contributed by atoms with Crippen molar-refractivity contribution in [1.82, 2.24) is 4.90 Å². The van der Waals surface area contributed by atoms with E-state index in [1.807, 2.05) is 0 Å². The second kappa shape index (κ2) is 8.77. The summed E-state index contributed by atoms with van der Waals surface area (Å²) in [6.45, 7) is 6.75. The fourth-order valence-electron chi connectivity index (χ4n) is 3.30. The molecule has 0 unspecified atom stereocenters. The molecule has 0 radical (unpaired) electrons. The standard InChI is InChI=1S/C21H28N4O2/c1-16-4-3-5-17(14-16)25-12-10-24(11-13-25)9-8-21(26)23-20-15-18(27-2)6-7-19(20)22/h3-7,14-15H,8-13,22H2,1-2H3,(H,23,26). The molecular formula is C21H28N4O2. The SMILES string of the molecule is COc1ccc(N)c(NC(=O)CCN2CCN(c3cccc(C)c3)CC2)c1. The lowest BCUT2D eigenvalue weighted by molar-refractivity contribution is -0.116. The van der Waals surface area contributed by atoms with Gasteiger partial charge in [-0.05, 0) is 36.8 Å². The Morgan fingerprint density at radius 3 is 2.63 bits per heavy atom. The average molecular weight is 368 g/mol. The van der Waals surface area contributed by atoms with Crippen molar-refractivity contribution in [3.63, 3.8) is 0 Å². The maximum Gasteiger partial charge on any atom is 0.225 e. The number of nitrogens with one attached hydrogen (secondary N) is 1. The summed E-state index contributed by atoms with van der Waals surface area (Å²) in [5.74, 6) is 0.642. The number of hydrogen-bond donors (Lipinski definition) is 2. The molecule has 1 amide bonds. The van der Waals surface area contributed by atoms with Crippen LogP contribution in [-0.2, 0) is 4.79 Å². The topological polar surface area (TPSA) is 70.8 Å². The summed E-state index contributed by atoms with van der Waals surface area (Å²) in [7, 11) is 1.59. The summed E-state index contributed by atoms with van der Waals surface area (Å²) in [4.78, 5) is 17.0. The van der Waals surface area contributed by atoms with E-state index in [0.29, 0.717) is 23.5 Å². The highest BCUT2D eigenvalue weighted by Gasteiger charge is 2.18. The molecule has 0 atom stereocenters. The molecule has 3 rings (SSSR count). The highest BCUT2D eigenvalue weighted by Crippen LogP contribution is 2.24. The normalized spacial score (nSPS) is 14.8. The molecule has 3 N–H and O–H groups in total. The van der Waals surface area contributed by atoms with Crippen LogP contribution in [0, 0.1) is 6.92 Å². The zero-order chi connectivity index (χ0) is 19.2. The highest BCUT2D eigenvalue weighted by molar-refractivity contribution is 5.94. The molecule has 1 aliphatic heterocycles. The van der Waals surface area contributed by atoms with E-state index >= 15 is 0 Å². The van der Waals surface area contributed by atoms with Crippen LogP contribution in [0.15, 0.2) is 42.5 Å². The van der Waals surface area contributed by atoms with Gasteiger partial charge in [-0.3, -0.25) is 9.69 Å². The fraction of sp³-hybridized carbons (Fsp3) is 0.381. The Hall–Kier alpha value is -2.73. The summed E-state index contributed by atoms with van der Waals surface area (Å²) >= 11 is 0. The molecule has 1 fully saturated rings. The fourth-order valence-corrected chi connectivity index (χ4v) is 3.30. The van der Waals surface area contributed by atoms with E-state index in [1.165, 1.54) is 11.3 Å². The Balaban J connectivity index is 1.45. The lowest BCUT2D eigenvalue weighted by Gasteiger charge is -2.36. The van der Waals surface area contributed by atoms with Gasteiger partial charge >= 0.3 is 0 Å². The minimum atomic E-state index is -0.0314. The van der Waals surface area contributed by atoms with Gasteiger partial charge in [0.2, 0.25) is 5.91 Å². The lowest BCUT2D eigenvalue weighted by Crippen LogP contribution is -2.47. The van der Waals surface area contributed by atoms with Gasteiger partial charge in [-0.15, -0.1) is 0 Å². The molecule has 0 aliphatic carbocycles. The number of piperazine rings is 1. The number of nitrogens with two attached hydrogens (primary N) is 1. The van der Waals surface area contributed by atoms with Crippen LogP contribution in [0.2, 0.25) is 0 Å². The van der Waals surface area contributed by atoms with Crippen molar-refractivity contribution >= 4 is 23.0 Å². The number of carbonyl (C=O) groups is 1. The second-order valence-corrected chi connectivity index (χ2v) is 6.92. The monoisotopic (exact) mass is 368 g/mol. The number of methoxy groups -OCH3 is 1. The summed E-state index contributed by atoms with van der Waals surface area (Å²) in [6, 6.07) is 13.9. The van der Waals surface area contributed by atoms with Crippen LogP contribution in [0.3, 0.4) is 0 Å². The molecule has 2 aromatic carbocycles. The van der Waals surface area contributed by atoms with Gasteiger partial charge in [-0.1, -0.05) is 12.1 Å². The maximum absolute atomic E-state index is 12.3. The first-order chi connectivity index (χ1) is 13.0. The number of rotatable bonds is 6. The molecule has 0 spiro atoms. The van der Waals surface area contributed by atoms with E-state index in [1.54, 1.807) is 25.3 Å². The number of nitrogen functional groups attached to an aromatic ring is 1. The first-order valence-corrected chi connectivity index (χ1v) is 9.32. The Kier molecular flexibility index (Phi) is 6.19. The summed E-state index contributed by atoms with van der Waals surface area (Å²) < 4.78 is 5.18. The maximum atomic E-state index is 12.3. The molecule has 1 heterocycles. The zero-order valence-corrected chi connectivity index (χ0v) is 16.1. The number of benzene rings is 2. The third-order valence-corrected chi connectivity index (χ3v) is 4.93. The van der Waals surface area contributed by atoms with Crippen molar-refractivity contribution < 1.29 is 9.53 Å². The Morgan fingerprint density at radius 1 is 1.15 bits per heavy atom. The van der Waals surface area contributed by atoms with Gasteiger partial charge in [0.05, 0.1) is 18.5 Å². The number of aryl methyl sites for hydroxylation is 1. The van der Waals surface area contributed by atoms with Crippen molar-refractivity contribution in [3.05, 3.63) is 48.0 Å². The van der Waals surface area contributed by atoms with Crippen LogP contribution in [0.4, 0.5) is 17.1 Å². The molecule has 0 bridgehead atoms. The minimum Gasteiger partial charge on any atom is -0.497 e. The van der Waals surface area contributed by atoms with Gasteiger partial charge in [-0.25, -0.2) is 0 Å². The summed E-state index contributed by atoms with van der Waals surface area (Å²) in [6.07, 6.45) is 0.446. The Bertz CT molecular complexity index is 786. The van der Waals surface area contributed by atoms with Crippen molar-refractivity contribution in [2.75, 3.05) is 55.8 Å². The van der Waals surface area contributed by atoms with Crippen LogP contribution in [-0.4, -0.2) is 50.6 Å². The predicted molar refractivity (Wildman–Crippen MR) is 110 cm³/mol. The minimum absolute atomic E-state index is 0.0314. The van der Waals surface area contributed by atoms with Crippen LogP contribution in [0.25, 0.3) is 0 Å². The third-order valence-electron chi connectivity index (χ3n) is 4.93. The molecule has 0 saturated carbocycles. The molecule has 2 aromatic rings. The first kappa shape index (κ1) is 19.0.